The van der Waals surface area contributed by atoms with Gasteiger partial charge in [-0.2, -0.15) is 4.72 Å². The number of piperidine rings is 1. The molecule has 1 aromatic heterocycles. The number of hydrogen-bond acceptors (Lipinski definition) is 5. The highest BCUT2D eigenvalue weighted by atomic mass is 32.2. The quantitative estimate of drug-likeness (QED) is 0.633. The second-order valence-corrected chi connectivity index (χ2v) is 9.38. The van der Waals surface area contributed by atoms with Gasteiger partial charge in [-0.05, 0) is 49.2 Å². The van der Waals surface area contributed by atoms with E-state index in [1.54, 1.807) is 17.0 Å². The maximum absolute atomic E-state index is 12.9. The molecule has 1 aliphatic rings. The third-order valence-corrected chi connectivity index (χ3v) is 7.03. The number of amides is 1. The van der Waals surface area contributed by atoms with Gasteiger partial charge in [-0.25, -0.2) is 8.42 Å². The molecule has 1 aliphatic heterocycles. The van der Waals surface area contributed by atoms with Crippen LogP contribution in [0.2, 0.25) is 0 Å². The summed E-state index contributed by atoms with van der Waals surface area (Å²) < 4.78 is 26.5. The van der Waals surface area contributed by atoms with Crippen molar-refractivity contribution in [3.8, 4) is 12.3 Å². The highest BCUT2D eigenvalue weighted by Crippen LogP contribution is 2.19. The first-order valence-corrected chi connectivity index (χ1v) is 11.8. The standard InChI is InChI=1S/C23H28N4O3S/c1-3-14-25-31(29,30)22-9-7-19(8-10-22)23(28)26(2)21-12-17-27(18-13-21)16-11-20-6-4-5-15-24-20/h1,4-10,15,21,25H,11-14,16-18H2,2H3. The average molecular weight is 441 g/mol. The Morgan fingerprint density at radius 3 is 2.55 bits per heavy atom. The lowest BCUT2D eigenvalue weighted by Crippen LogP contribution is -2.46. The summed E-state index contributed by atoms with van der Waals surface area (Å²) in [6, 6.07) is 12.1. The molecule has 8 heteroatoms. The number of sulfonamides is 1. The minimum Gasteiger partial charge on any atom is -0.339 e. The normalized spacial score (nSPS) is 15.4. The summed E-state index contributed by atoms with van der Waals surface area (Å²) in [4.78, 5) is 21.5. The molecule has 1 amide bonds. The Morgan fingerprint density at radius 2 is 1.94 bits per heavy atom. The van der Waals surface area contributed by atoms with Gasteiger partial charge in [0.25, 0.3) is 5.91 Å². The molecule has 0 radical (unpaired) electrons. The SMILES string of the molecule is C#CCNS(=O)(=O)c1ccc(C(=O)N(C)C2CCN(CCc3ccccn3)CC2)cc1. The molecule has 2 heterocycles. The zero-order valence-electron chi connectivity index (χ0n) is 17.7. The number of rotatable bonds is 8. The maximum Gasteiger partial charge on any atom is 0.253 e. The Bertz CT molecular complexity index is 1010. The number of hydrogen-bond donors (Lipinski definition) is 1. The van der Waals surface area contributed by atoms with Crippen LogP contribution in [-0.2, 0) is 16.4 Å². The van der Waals surface area contributed by atoms with E-state index < -0.39 is 10.0 Å². The largest absolute Gasteiger partial charge is 0.339 e. The van der Waals surface area contributed by atoms with Crippen LogP contribution in [0, 0.1) is 12.3 Å². The number of likely N-dealkylation sites (tertiary alicyclic amines) is 1. The third kappa shape index (κ3) is 6.14. The lowest BCUT2D eigenvalue weighted by Gasteiger charge is -2.36. The third-order valence-electron chi connectivity index (χ3n) is 5.61. The molecule has 1 N–H and O–H groups in total. The second-order valence-electron chi connectivity index (χ2n) is 7.61. The molecule has 164 valence electrons. The summed E-state index contributed by atoms with van der Waals surface area (Å²) in [5, 5.41) is 0. The van der Waals surface area contributed by atoms with E-state index in [4.69, 9.17) is 6.42 Å². The average Bonchev–Trinajstić information content (AvgIpc) is 2.81. The molecule has 0 aliphatic carbocycles. The van der Waals surface area contributed by atoms with Crippen LogP contribution in [0.3, 0.4) is 0 Å². The first-order valence-electron chi connectivity index (χ1n) is 10.3. The number of benzene rings is 1. The lowest BCUT2D eigenvalue weighted by atomic mass is 10.0. The van der Waals surface area contributed by atoms with Crippen LogP contribution >= 0.6 is 0 Å². The van der Waals surface area contributed by atoms with E-state index in [2.05, 4.69) is 20.5 Å². The molecule has 0 spiro atoms. The summed E-state index contributed by atoms with van der Waals surface area (Å²) >= 11 is 0. The van der Waals surface area contributed by atoms with E-state index in [1.807, 2.05) is 31.4 Å². The number of nitrogens with zero attached hydrogens (tertiary/aromatic N) is 3. The van der Waals surface area contributed by atoms with E-state index in [0.29, 0.717) is 5.56 Å². The fourth-order valence-electron chi connectivity index (χ4n) is 3.72. The first kappa shape index (κ1) is 22.9. The summed E-state index contributed by atoms with van der Waals surface area (Å²) in [6.45, 7) is 2.76. The topological polar surface area (TPSA) is 82.6 Å². The van der Waals surface area contributed by atoms with E-state index in [9.17, 15) is 13.2 Å². The Labute approximate surface area is 184 Å². The van der Waals surface area contributed by atoms with Gasteiger partial charge in [0.05, 0.1) is 11.4 Å². The Kier molecular flexibility index (Phi) is 7.80. The van der Waals surface area contributed by atoms with Gasteiger partial charge in [0, 0.05) is 56.6 Å². The minimum atomic E-state index is -3.66. The fraction of sp³-hybridized carbons (Fsp3) is 0.391. The van der Waals surface area contributed by atoms with Crippen LogP contribution < -0.4 is 4.72 Å². The number of carbonyl (C=O) groups is 1. The monoisotopic (exact) mass is 440 g/mol. The van der Waals surface area contributed by atoms with Crippen molar-refractivity contribution < 1.29 is 13.2 Å². The number of carbonyl (C=O) groups excluding carboxylic acids is 1. The van der Waals surface area contributed by atoms with Crippen molar-refractivity contribution in [3.63, 3.8) is 0 Å². The Hall–Kier alpha value is -2.73. The van der Waals surface area contributed by atoms with Crippen molar-refractivity contribution >= 4 is 15.9 Å². The minimum absolute atomic E-state index is 0.0771. The van der Waals surface area contributed by atoms with Crippen molar-refractivity contribution in [1.82, 2.24) is 19.5 Å². The van der Waals surface area contributed by atoms with Gasteiger partial charge in [0.1, 0.15) is 0 Å². The van der Waals surface area contributed by atoms with Gasteiger partial charge < -0.3 is 9.80 Å². The molecule has 0 bridgehead atoms. The molecule has 0 unspecified atom stereocenters. The Balaban J connectivity index is 1.52. The highest BCUT2D eigenvalue weighted by Gasteiger charge is 2.26. The van der Waals surface area contributed by atoms with Crippen LogP contribution in [0.5, 0.6) is 0 Å². The molecule has 1 fully saturated rings. The zero-order chi connectivity index (χ0) is 22.3. The Morgan fingerprint density at radius 1 is 1.23 bits per heavy atom. The molecular weight excluding hydrogens is 412 g/mol. The molecule has 31 heavy (non-hydrogen) atoms. The van der Waals surface area contributed by atoms with Gasteiger partial charge in [-0.3, -0.25) is 9.78 Å². The van der Waals surface area contributed by atoms with Gasteiger partial charge in [0.15, 0.2) is 0 Å². The van der Waals surface area contributed by atoms with Crippen molar-refractivity contribution in [1.29, 1.82) is 0 Å². The van der Waals surface area contributed by atoms with Gasteiger partial charge in [-0.15, -0.1) is 6.42 Å². The number of pyridine rings is 1. The molecule has 0 saturated carbocycles. The van der Waals surface area contributed by atoms with Gasteiger partial charge in [0.2, 0.25) is 10.0 Å². The first-order chi connectivity index (χ1) is 14.9. The van der Waals surface area contributed by atoms with Crippen LogP contribution in [0.25, 0.3) is 0 Å². The smallest absolute Gasteiger partial charge is 0.253 e. The van der Waals surface area contributed by atoms with Crippen molar-refractivity contribution in [3.05, 3.63) is 59.9 Å². The maximum atomic E-state index is 12.9. The summed E-state index contributed by atoms with van der Waals surface area (Å²) in [6.07, 6.45) is 9.66. The van der Waals surface area contributed by atoms with E-state index >= 15 is 0 Å². The lowest BCUT2D eigenvalue weighted by molar-refractivity contribution is 0.0643. The second kappa shape index (κ2) is 10.5. The fourth-order valence-corrected chi connectivity index (χ4v) is 4.65. The molecule has 7 nitrogen and oxygen atoms in total. The van der Waals surface area contributed by atoms with E-state index in [-0.39, 0.29) is 23.4 Å². The van der Waals surface area contributed by atoms with Crippen molar-refractivity contribution in [2.75, 3.05) is 33.2 Å². The van der Waals surface area contributed by atoms with Crippen LogP contribution in [-0.4, -0.2) is 68.4 Å². The predicted molar refractivity (Wildman–Crippen MR) is 120 cm³/mol. The number of terminal acetylenes is 1. The molecule has 1 aromatic carbocycles. The molecule has 0 atom stereocenters. The number of aromatic nitrogens is 1. The summed E-state index contributed by atoms with van der Waals surface area (Å²) in [5.74, 6) is 2.13. The van der Waals surface area contributed by atoms with Crippen molar-refractivity contribution in [2.45, 2.75) is 30.2 Å². The molecular formula is C23H28N4O3S. The molecule has 2 aromatic rings. The number of nitrogens with one attached hydrogen (secondary N) is 1. The predicted octanol–water partition coefficient (Wildman–Crippen LogP) is 1.77. The molecule has 3 rings (SSSR count). The summed E-state index contributed by atoms with van der Waals surface area (Å²) in [7, 11) is -1.85. The van der Waals surface area contributed by atoms with Gasteiger partial charge >= 0.3 is 0 Å². The highest BCUT2D eigenvalue weighted by molar-refractivity contribution is 7.89. The van der Waals surface area contributed by atoms with Gasteiger partial charge in [-0.1, -0.05) is 12.0 Å². The van der Waals surface area contributed by atoms with Crippen LogP contribution in [0.15, 0.2) is 53.6 Å². The molecule has 1 saturated heterocycles. The van der Waals surface area contributed by atoms with E-state index in [0.717, 1.165) is 44.6 Å². The van der Waals surface area contributed by atoms with Crippen LogP contribution in [0.1, 0.15) is 28.9 Å². The zero-order valence-corrected chi connectivity index (χ0v) is 18.5. The van der Waals surface area contributed by atoms with Crippen LogP contribution in [0.4, 0.5) is 0 Å². The van der Waals surface area contributed by atoms with Crippen molar-refractivity contribution in [2.24, 2.45) is 0 Å². The van der Waals surface area contributed by atoms with E-state index in [1.165, 1.54) is 12.1 Å². The summed E-state index contributed by atoms with van der Waals surface area (Å²) in [5.41, 5.74) is 1.56.